The van der Waals surface area contributed by atoms with Gasteiger partial charge >= 0.3 is 5.69 Å². The van der Waals surface area contributed by atoms with Gasteiger partial charge in [0, 0.05) is 19.2 Å². The van der Waals surface area contributed by atoms with Crippen molar-refractivity contribution in [2.75, 3.05) is 7.05 Å². The smallest absolute Gasteiger partial charge is 0.331 e. The zero-order valence-corrected chi connectivity index (χ0v) is 17.2. The molecule has 1 aromatic heterocycles. The number of hydrogen-bond acceptors (Lipinski definition) is 3. The van der Waals surface area contributed by atoms with Crippen LogP contribution >= 0.6 is 0 Å². The maximum atomic E-state index is 13.4. The van der Waals surface area contributed by atoms with Crippen LogP contribution in [-0.2, 0) is 19.5 Å². The summed E-state index contributed by atoms with van der Waals surface area (Å²) in [7, 11) is 1.58. The Hall–Kier alpha value is -3.93. The molecule has 6 nitrogen and oxygen atoms in total. The van der Waals surface area contributed by atoms with E-state index in [1.54, 1.807) is 48.0 Å². The number of carbonyl (C=O) groups is 1. The normalized spacial score (nSPS) is 10.9. The molecule has 4 rings (SSSR count). The second-order valence-corrected chi connectivity index (χ2v) is 7.36. The Morgan fingerprint density at radius 2 is 1.55 bits per heavy atom. The van der Waals surface area contributed by atoms with Gasteiger partial charge in [-0.15, -0.1) is 0 Å². The number of hydrogen-bond donors (Lipinski definition) is 1. The van der Waals surface area contributed by atoms with Crippen molar-refractivity contribution < 1.29 is 4.79 Å². The Labute approximate surface area is 179 Å². The Bertz CT molecular complexity index is 1350. The molecule has 6 heteroatoms. The minimum Gasteiger partial charge on any atom is -0.355 e. The van der Waals surface area contributed by atoms with Crippen LogP contribution in [0.4, 0.5) is 0 Å². The predicted octanol–water partition coefficient (Wildman–Crippen LogP) is 2.81. The summed E-state index contributed by atoms with van der Waals surface area (Å²) in [5.74, 6) is -0.188. The van der Waals surface area contributed by atoms with E-state index in [2.05, 4.69) is 5.32 Å². The number of para-hydroxylation sites is 1. The van der Waals surface area contributed by atoms with E-state index in [0.29, 0.717) is 29.4 Å². The van der Waals surface area contributed by atoms with E-state index in [0.717, 1.165) is 11.1 Å². The van der Waals surface area contributed by atoms with E-state index in [1.165, 1.54) is 4.57 Å². The third-order valence-corrected chi connectivity index (χ3v) is 5.36. The molecule has 0 aliphatic carbocycles. The van der Waals surface area contributed by atoms with Crippen molar-refractivity contribution in [1.82, 2.24) is 14.5 Å². The highest BCUT2D eigenvalue weighted by Crippen LogP contribution is 2.12. The fourth-order valence-corrected chi connectivity index (χ4v) is 3.74. The van der Waals surface area contributed by atoms with Crippen molar-refractivity contribution in [1.29, 1.82) is 0 Å². The number of nitrogens with zero attached hydrogens (tertiary/aromatic N) is 2. The first kappa shape index (κ1) is 20.3. The number of benzene rings is 3. The van der Waals surface area contributed by atoms with E-state index < -0.39 is 0 Å². The molecule has 0 bridgehead atoms. The molecule has 0 radical (unpaired) electrons. The van der Waals surface area contributed by atoms with Crippen molar-refractivity contribution >= 4 is 16.8 Å². The summed E-state index contributed by atoms with van der Waals surface area (Å²) in [5.41, 5.74) is 2.33. The number of carbonyl (C=O) groups excluding carboxylic acids is 1. The number of rotatable bonds is 6. The molecular formula is C25H23N3O3. The SMILES string of the molecule is CNC(=O)c1cccc(Cn2c(=O)n(CCc3ccccc3)c(=O)c3ccccc32)c1. The molecular weight excluding hydrogens is 390 g/mol. The standard InChI is InChI=1S/C25H23N3O3/c1-26-23(29)20-11-7-10-19(16-20)17-28-22-13-6-5-12-21(22)24(30)27(25(28)31)15-14-18-8-3-2-4-9-18/h2-13,16H,14-15,17H2,1H3,(H,26,29). The van der Waals surface area contributed by atoms with E-state index in [9.17, 15) is 14.4 Å². The molecule has 156 valence electrons. The van der Waals surface area contributed by atoms with Gasteiger partial charge in [0.25, 0.3) is 11.5 Å². The second-order valence-electron chi connectivity index (χ2n) is 7.36. The summed E-state index contributed by atoms with van der Waals surface area (Å²) in [6.45, 7) is 0.556. The van der Waals surface area contributed by atoms with Crippen LogP contribution < -0.4 is 16.6 Å². The quantitative estimate of drug-likeness (QED) is 0.528. The summed E-state index contributed by atoms with van der Waals surface area (Å²) in [6, 6.07) is 24.1. The molecule has 0 spiro atoms. The topological polar surface area (TPSA) is 73.1 Å². The average molecular weight is 413 g/mol. The van der Waals surface area contributed by atoms with Crippen LogP contribution in [0.2, 0.25) is 0 Å². The molecule has 0 unspecified atom stereocenters. The molecule has 0 aliphatic rings. The van der Waals surface area contributed by atoms with Crippen molar-refractivity contribution in [2.24, 2.45) is 0 Å². The molecule has 0 saturated heterocycles. The first-order chi connectivity index (χ1) is 15.1. The third kappa shape index (κ3) is 4.19. The van der Waals surface area contributed by atoms with Gasteiger partial charge in [0.15, 0.2) is 0 Å². The lowest BCUT2D eigenvalue weighted by molar-refractivity contribution is 0.0963. The maximum absolute atomic E-state index is 13.4. The molecule has 1 heterocycles. The lowest BCUT2D eigenvalue weighted by Gasteiger charge is -2.15. The third-order valence-electron chi connectivity index (χ3n) is 5.36. The Morgan fingerprint density at radius 3 is 2.32 bits per heavy atom. The molecule has 0 fully saturated rings. The predicted molar refractivity (Wildman–Crippen MR) is 122 cm³/mol. The largest absolute Gasteiger partial charge is 0.355 e. The fourth-order valence-electron chi connectivity index (χ4n) is 3.74. The van der Waals surface area contributed by atoms with Crippen molar-refractivity contribution in [3.63, 3.8) is 0 Å². The van der Waals surface area contributed by atoms with Crippen LogP contribution in [0.25, 0.3) is 10.9 Å². The first-order valence-corrected chi connectivity index (χ1v) is 10.2. The van der Waals surface area contributed by atoms with Crippen LogP contribution in [0.15, 0.2) is 88.5 Å². The molecule has 1 amide bonds. The van der Waals surface area contributed by atoms with Gasteiger partial charge in [-0.3, -0.25) is 18.7 Å². The zero-order valence-electron chi connectivity index (χ0n) is 17.2. The number of aryl methyl sites for hydroxylation is 1. The summed E-state index contributed by atoms with van der Waals surface area (Å²) >= 11 is 0. The first-order valence-electron chi connectivity index (χ1n) is 10.2. The number of fused-ring (bicyclic) bond motifs is 1. The minimum atomic E-state index is -0.357. The van der Waals surface area contributed by atoms with E-state index in [-0.39, 0.29) is 23.7 Å². The van der Waals surface area contributed by atoms with Crippen molar-refractivity contribution in [2.45, 2.75) is 19.5 Å². The summed E-state index contributed by atoms with van der Waals surface area (Å²) < 4.78 is 2.91. The van der Waals surface area contributed by atoms with Crippen LogP contribution in [0.1, 0.15) is 21.5 Å². The monoisotopic (exact) mass is 413 g/mol. The molecule has 0 saturated carbocycles. The van der Waals surface area contributed by atoms with Crippen LogP contribution in [-0.4, -0.2) is 22.1 Å². The van der Waals surface area contributed by atoms with Gasteiger partial charge in [-0.25, -0.2) is 4.79 Å². The number of amides is 1. The lowest BCUT2D eigenvalue weighted by atomic mass is 10.1. The molecule has 1 N–H and O–H groups in total. The molecule has 3 aromatic carbocycles. The minimum absolute atomic E-state index is 0.188. The van der Waals surface area contributed by atoms with E-state index in [1.807, 2.05) is 42.5 Å². The average Bonchev–Trinajstić information content (AvgIpc) is 2.82. The highest BCUT2D eigenvalue weighted by atomic mass is 16.2. The summed E-state index contributed by atoms with van der Waals surface area (Å²) in [4.78, 5) is 38.4. The molecule has 0 atom stereocenters. The van der Waals surface area contributed by atoms with E-state index >= 15 is 0 Å². The maximum Gasteiger partial charge on any atom is 0.331 e. The molecule has 31 heavy (non-hydrogen) atoms. The van der Waals surface area contributed by atoms with Crippen LogP contribution in [0.5, 0.6) is 0 Å². The fraction of sp³-hybridized carbons (Fsp3) is 0.160. The van der Waals surface area contributed by atoms with Gasteiger partial charge in [0.05, 0.1) is 17.4 Å². The van der Waals surface area contributed by atoms with E-state index in [4.69, 9.17) is 0 Å². The second kappa shape index (κ2) is 8.83. The van der Waals surface area contributed by atoms with Gasteiger partial charge in [-0.2, -0.15) is 0 Å². The Balaban J connectivity index is 1.78. The highest BCUT2D eigenvalue weighted by Gasteiger charge is 2.14. The van der Waals surface area contributed by atoms with Crippen molar-refractivity contribution in [3.05, 3.63) is 116 Å². The highest BCUT2D eigenvalue weighted by molar-refractivity contribution is 5.94. The summed E-state index contributed by atoms with van der Waals surface area (Å²) in [5, 5.41) is 3.11. The van der Waals surface area contributed by atoms with Crippen LogP contribution in [0.3, 0.4) is 0 Å². The molecule has 0 aliphatic heterocycles. The van der Waals surface area contributed by atoms with Gasteiger partial charge in [0.2, 0.25) is 0 Å². The van der Waals surface area contributed by atoms with Gasteiger partial charge in [-0.1, -0.05) is 54.6 Å². The van der Waals surface area contributed by atoms with Gasteiger partial charge in [0.1, 0.15) is 0 Å². The number of aromatic nitrogens is 2. The zero-order chi connectivity index (χ0) is 21.8. The van der Waals surface area contributed by atoms with Gasteiger partial charge < -0.3 is 5.32 Å². The van der Waals surface area contributed by atoms with Crippen molar-refractivity contribution in [3.8, 4) is 0 Å². The summed E-state index contributed by atoms with van der Waals surface area (Å²) in [6.07, 6.45) is 0.584. The van der Waals surface area contributed by atoms with Crippen LogP contribution in [0, 0.1) is 0 Å². The number of nitrogens with one attached hydrogen (secondary N) is 1. The Morgan fingerprint density at radius 1 is 0.839 bits per heavy atom. The lowest BCUT2D eigenvalue weighted by Crippen LogP contribution is -2.40. The molecule has 4 aromatic rings. The van der Waals surface area contributed by atoms with Gasteiger partial charge in [-0.05, 0) is 41.8 Å². The Kier molecular flexibility index (Phi) is 5.80.